The van der Waals surface area contributed by atoms with Gasteiger partial charge in [0.25, 0.3) is 0 Å². The standard InChI is InChI=1S/C64H106O12Si3/c1-48(2)51-27-28-53(57(51)73-46-71-40-50-23-18-15-19-24-50)52-25-20-26-54(52)58(66)64(42-72-43-70-39-49-21-16-14-17-22-49)56-30-31-62(64,41-65)60(75-45-68-34-37-78(8,9)10)63(56)32-29-55(59(63)74-44-67-33-36-77(5,6)7)61(3,4)76-47-69-35-38-79(11,12)13/h14-19,21-24,26,51-53,55-60,65-66H,1,20,25,27-47H2,2-13H3/t51-,52-,53+,55-,56-,57+,58+,59+,60-,62-,63-,64+/m0/s1. The van der Waals surface area contributed by atoms with Gasteiger partial charge in [0, 0.05) is 72.1 Å². The fourth-order valence-corrected chi connectivity index (χ4v) is 17.2. The van der Waals surface area contributed by atoms with Gasteiger partial charge in [-0.3, -0.25) is 0 Å². The molecule has 12 nitrogen and oxygen atoms in total. The molecule has 5 aliphatic carbocycles. The van der Waals surface area contributed by atoms with Gasteiger partial charge in [-0.1, -0.05) is 138 Å². The molecule has 2 bridgehead atoms. The molecule has 15 heteroatoms. The molecular weight excluding hydrogens is 1040 g/mol. The van der Waals surface area contributed by atoms with Crippen LogP contribution in [0.3, 0.4) is 0 Å². The second-order valence-electron chi connectivity index (χ2n) is 28.5. The summed E-state index contributed by atoms with van der Waals surface area (Å²) >= 11 is 0. The van der Waals surface area contributed by atoms with Gasteiger partial charge < -0.3 is 57.6 Å². The molecule has 0 aliphatic heterocycles. The van der Waals surface area contributed by atoms with E-state index >= 15 is 0 Å². The summed E-state index contributed by atoms with van der Waals surface area (Å²) in [5, 5.41) is 26.8. The van der Waals surface area contributed by atoms with E-state index in [-0.39, 0.29) is 82.9 Å². The van der Waals surface area contributed by atoms with Crippen LogP contribution in [0.1, 0.15) is 83.3 Å². The van der Waals surface area contributed by atoms with Crippen molar-refractivity contribution in [1.82, 2.24) is 0 Å². The van der Waals surface area contributed by atoms with Crippen LogP contribution in [0.15, 0.2) is 84.5 Å². The minimum absolute atomic E-state index is 0.0201. The van der Waals surface area contributed by atoms with Gasteiger partial charge in [-0.05, 0) is 125 Å². The van der Waals surface area contributed by atoms with E-state index in [1.165, 1.54) is 0 Å². The Balaban J connectivity index is 1.28. The number of aliphatic hydroxyl groups excluding tert-OH is 2. The minimum Gasteiger partial charge on any atom is -0.396 e. The highest BCUT2D eigenvalue weighted by Crippen LogP contribution is 2.79. The molecular formula is C64H106O12Si3. The number of fused-ring (bicyclic) bond motifs is 3. The molecule has 0 radical (unpaired) electrons. The number of allylic oxidation sites excluding steroid dienone is 1. The first-order valence-electron chi connectivity index (χ1n) is 30.2. The van der Waals surface area contributed by atoms with Crippen molar-refractivity contribution in [2.75, 3.05) is 67.0 Å². The second-order valence-corrected chi connectivity index (χ2v) is 45.3. The fraction of sp³-hybridized carbons (Fsp3) is 0.750. The Bertz CT molecular complexity index is 2200. The summed E-state index contributed by atoms with van der Waals surface area (Å²) in [7, 11) is -4.14. The highest BCUT2D eigenvalue weighted by Gasteiger charge is 2.83. The lowest BCUT2D eigenvalue weighted by atomic mass is 9.60. The van der Waals surface area contributed by atoms with Crippen LogP contribution in [0, 0.1) is 45.8 Å². The molecule has 0 unspecified atom stereocenters. The first-order valence-corrected chi connectivity index (χ1v) is 41.3. The summed E-state index contributed by atoms with van der Waals surface area (Å²) in [6, 6.07) is 23.4. The van der Waals surface area contributed by atoms with E-state index in [9.17, 15) is 10.2 Å². The van der Waals surface area contributed by atoms with Crippen molar-refractivity contribution >= 4 is 24.2 Å². The molecule has 2 N–H and O–H groups in total. The van der Waals surface area contributed by atoms with Gasteiger partial charge in [-0.2, -0.15) is 0 Å². The molecule has 5 aliphatic rings. The van der Waals surface area contributed by atoms with Crippen LogP contribution in [-0.4, -0.2) is 131 Å². The van der Waals surface area contributed by atoms with E-state index in [0.29, 0.717) is 39.5 Å². The molecule has 0 amide bonds. The summed E-state index contributed by atoms with van der Waals surface area (Å²) in [5.74, 6) is -0.0119. The summed E-state index contributed by atoms with van der Waals surface area (Å²) in [4.78, 5) is 0. The summed E-state index contributed by atoms with van der Waals surface area (Å²) in [6.45, 7) is 35.4. The van der Waals surface area contributed by atoms with Gasteiger partial charge in [-0.25, -0.2) is 0 Å². The van der Waals surface area contributed by atoms with Gasteiger partial charge in [0.05, 0.1) is 56.4 Å². The highest BCUT2D eigenvalue weighted by atomic mass is 28.3. The van der Waals surface area contributed by atoms with Crippen molar-refractivity contribution in [2.24, 2.45) is 45.8 Å². The van der Waals surface area contributed by atoms with E-state index in [1.807, 2.05) is 36.4 Å². The number of hydrogen-bond acceptors (Lipinski definition) is 12. The molecule has 79 heavy (non-hydrogen) atoms. The number of benzene rings is 2. The largest absolute Gasteiger partial charge is 0.396 e. The summed E-state index contributed by atoms with van der Waals surface area (Å²) in [6.07, 6.45) is 6.69. The van der Waals surface area contributed by atoms with Crippen molar-refractivity contribution in [3.8, 4) is 0 Å². The Hall–Kier alpha value is -1.91. The first kappa shape index (κ1) is 64.6. The van der Waals surface area contributed by atoms with Gasteiger partial charge in [0.15, 0.2) is 0 Å². The van der Waals surface area contributed by atoms with E-state index in [1.54, 1.807) is 0 Å². The van der Waals surface area contributed by atoms with Crippen molar-refractivity contribution in [1.29, 1.82) is 0 Å². The number of ether oxygens (including phenoxy) is 10. The Labute approximate surface area is 480 Å². The molecule has 0 saturated heterocycles. The van der Waals surface area contributed by atoms with Gasteiger partial charge in [-0.15, -0.1) is 0 Å². The SMILES string of the molecule is C=C(C)[C@@H]1CC[C@H]([C@@H]2CCC=C2[C@@H](O)[C@@]2(COCOCc3ccccc3)[C@H]3CC[C@]2(CO)[C@H](OCOCC[Si](C)(C)C)[C@@]32CC[C@H](C(C)(C)OCOCC[Si](C)(C)C)[C@H]2OCOCC[Si](C)(C)C)[C@@H]1OCOCc1ccccc1. The van der Waals surface area contributed by atoms with Crippen LogP contribution in [0.4, 0.5) is 0 Å². The van der Waals surface area contributed by atoms with E-state index in [2.05, 4.69) is 117 Å². The molecule has 2 aromatic rings. The fourth-order valence-electron chi connectivity index (χ4n) is 14.9. The normalized spacial score (nSPS) is 30.5. The summed E-state index contributed by atoms with van der Waals surface area (Å²) in [5.41, 5.74) is 0.897. The number of rotatable bonds is 35. The topological polar surface area (TPSA) is 133 Å². The molecule has 0 heterocycles. The highest BCUT2D eigenvalue weighted by molar-refractivity contribution is 6.76. The molecule has 2 aromatic carbocycles. The number of aliphatic hydroxyl groups is 2. The number of hydrogen-bond donors (Lipinski definition) is 2. The summed E-state index contributed by atoms with van der Waals surface area (Å²) < 4.78 is 67.1. The van der Waals surface area contributed by atoms with E-state index in [0.717, 1.165) is 85.4 Å². The molecule has 12 atom stereocenters. The molecule has 4 saturated carbocycles. The zero-order valence-electron chi connectivity index (χ0n) is 51.0. The lowest BCUT2D eigenvalue weighted by molar-refractivity contribution is -0.236. The monoisotopic (exact) mass is 1150 g/mol. The Morgan fingerprint density at radius 3 is 1.78 bits per heavy atom. The lowest BCUT2D eigenvalue weighted by Crippen LogP contribution is -2.57. The molecule has 7 rings (SSSR count). The van der Waals surface area contributed by atoms with Crippen LogP contribution in [0.25, 0.3) is 0 Å². The third-order valence-corrected chi connectivity index (χ3v) is 24.2. The zero-order valence-corrected chi connectivity index (χ0v) is 54.0. The van der Waals surface area contributed by atoms with Gasteiger partial charge >= 0.3 is 0 Å². The van der Waals surface area contributed by atoms with E-state index in [4.69, 9.17) is 47.4 Å². The van der Waals surface area contributed by atoms with Gasteiger partial charge in [0.1, 0.15) is 34.0 Å². The van der Waals surface area contributed by atoms with Crippen LogP contribution in [-0.2, 0) is 60.6 Å². The lowest BCUT2D eigenvalue weighted by Gasteiger charge is -2.50. The van der Waals surface area contributed by atoms with Crippen LogP contribution < -0.4 is 0 Å². The molecule has 0 aromatic heterocycles. The Kier molecular flexibility index (Phi) is 23.2. The van der Waals surface area contributed by atoms with Crippen molar-refractivity contribution in [3.63, 3.8) is 0 Å². The Morgan fingerprint density at radius 1 is 0.658 bits per heavy atom. The maximum absolute atomic E-state index is 14.2. The minimum atomic E-state index is -1.42. The van der Waals surface area contributed by atoms with Crippen molar-refractivity contribution in [3.05, 3.63) is 95.6 Å². The third kappa shape index (κ3) is 15.7. The zero-order chi connectivity index (χ0) is 57.1. The second kappa shape index (κ2) is 28.3. The average molecular weight is 1150 g/mol. The van der Waals surface area contributed by atoms with Gasteiger partial charge in [0.2, 0.25) is 0 Å². The van der Waals surface area contributed by atoms with E-state index < -0.39 is 64.4 Å². The maximum atomic E-state index is 14.2. The molecule has 4 fully saturated rings. The maximum Gasteiger partial charge on any atom is 0.147 e. The molecule has 446 valence electrons. The van der Waals surface area contributed by atoms with Crippen molar-refractivity contribution in [2.45, 2.75) is 192 Å². The van der Waals surface area contributed by atoms with Crippen LogP contribution in [0.2, 0.25) is 77.1 Å². The Morgan fingerprint density at radius 2 is 1.22 bits per heavy atom. The quantitative estimate of drug-likeness (QED) is 0.0295. The van der Waals surface area contributed by atoms with Crippen molar-refractivity contribution < 1.29 is 57.6 Å². The molecule has 1 spiro atoms. The predicted molar refractivity (Wildman–Crippen MR) is 323 cm³/mol. The third-order valence-electron chi connectivity index (χ3n) is 19.1. The first-order chi connectivity index (χ1) is 37.5. The smallest absolute Gasteiger partial charge is 0.147 e. The predicted octanol–water partition coefficient (Wildman–Crippen LogP) is 13.3. The van der Waals surface area contributed by atoms with Crippen LogP contribution >= 0.6 is 0 Å². The van der Waals surface area contributed by atoms with Crippen LogP contribution in [0.5, 0.6) is 0 Å². The average Bonchev–Trinajstić information content (AvgIpc) is 4.34.